The van der Waals surface area contributed by atoms with Crippen molar-refractivity contribution in [3.63, 3.8) is 0 Å². The molecule has 0 aliphatic heterocycles. The van der Waals surface area contributed by atoms with Crippen LogP contribution < -0.4 is 10.6 Å². The van der Waals surface area contributed by atoms with Crippen LogP contribution in [0.4, 0.5) is 0 Å². The third kappa shape index (κ3) is 6.53. The molecule has 0 fully saturated rings. The summed E-state index contributed by atoms with van der Waals surface area (Å²) >= 11 is 0. The smallest absolute Gasteiger partial charge is 0.191 e. The summed E-state index contributed by atoms with van der Waals surface area (Å²) < 4.78 is 1.97. The molecule has 2 N–H and O–H groups in total. The highest BCUT2D eigenvalue weighted by molar-refractivity contribution is 14.0. The number of nitrogens with zero attached hydrogens (tertiary/aromatic N) is 4. The van der Waals surface area contributed by atoms with Gasteiger partial charge in [0.25, 0.3) is 0 Å². The molecule has 6 nitrogen and oxygen atoms in total. The minimum atomic E-state index is 0. The van der Waals surface area contributed by atoms with Crippen molar-refractivity contribution < 1.29 is 0 Å². The molecular formula is C13H27IN6. The van der Waals surface area contributed by atoms with Gasteiger partial charge < -0.3 is 15.2 Å². The molecule has 0 amide bonds. The molecule has 0 bridgehead atoms. The zero-order valence-electron chi connectivity index (χ0n) is 12.9. The van der Waals surface area contributed by atoms with Crippen LogP contribution in [0.3, 0.4) is 0 Å². The number of hydrogen-bond acceptors (Lipinski definition) is 3. The largest absolute Gasteiger partial charge is 0.356 e. The molecule has 0 unspecified atom stereocenters. The summed E-state index contributed by atoms with van der Waals surface area (Å²) in [6.07, 6.45) is 3.41. The van der Waals surface area contributed by atoms with Crippen LogP contribution in [0.15, 0.2) is 4.99 Å². The third-order valence-corrected chi connectivity index (χ3v) is 2.93. The van der Waals surface area contributed by atoms with E-state index in [4.69, 9.17) is 0 Å². The van der Waals surface area contributed by atoms with Crippen molar-refractivity contribution >= 4 is 29.9 Å². The lowest BCUT2D eigenvalue weighted by Gasteiger charge is -2.11. The number of rotatable bonds is 7. The summed E-state index contributed by atoms with van der Waals surface area (Å²) in [5.74, 6) is 2.65. The van der Waals surface area contributed by atoms with Gasteiger partial charge >= 0.3 is 0 Å². The van der Waals surface area contributed by atoms with Gasteiger partial charge in [-0.25, -0.2) is 4.99 Å². The lowest BCUT2D eigenvalue weighted by atomic mass is 10.3. The minimum Gasteiger partial charge on any atom is -0.356 e. The first-order valence-electron chi connectivity index (χ1n) is 7.06. The van der Waals surface area contributed by atoms with Gasteiger partial charge in [0.05, 0.1) is 0 Å². The number of aromatic nitrogens is 3. The van der Waals surface area contributed by atoms with Crippen molar-refractivity contribution in [3.8, 4) is 0 Å². The number of unbranched alkanes of at least 4 members (excludes halogenated alkanes) is 1. The Balaban J connectivity index is 0.00000361. The van der Waals surface area contributed by atoms with Gasteiger partial charge in [0.1, 0.15) is 12.4 Å². The maximum Gasteiger partial charge on any atom is 0.191 e. The molecule has 7 heteroatoms. The van der Waals surface area contributed by atoms with E-state index >= 15 is 0 Å². The quantitative estimate of drug-likeness (QED) is 0.321. The first-order valence-corrected chi connectivity index (χ1v) is 7.06. The number of nitrogens with one attached hydrogen (secondary N) is 2. The van der Waals surface area contributed by atoms with E-state index in [-0.39, 0.29) is 24.0 Å². The molecule has 0 atom stereocenters. The van der Waals surface area contributed by atoms with Crippen LogP contribution in [0.2, 0.25) is 0 Å². The number of hydrogen-bond donors (Lipinski definition) is 2. The molecule has 0 saturated carbocycles. The fraction of sp³-hybridized carbons (Fsp3) is 0.769. The monoisotopic (exact) mass is 394 g/mol. The van der Waals surface area contributed by atoms with E-state index in [9.17, 15) is 0 Å². The molecule has 1 rings (SSSR count). The Hall–Kier alpha value is -0.860. The minimum absolute atomic E-state index is 0. The summed E-state index contributed by atoms with van der Waals surface area (Å²) in [5, 5.41) is 14.8. The van der Waals surface area contributed by atoms with E-state index in [1.165, 1.54) is 6.42 Å². The van der Waals surface area contributed by atoms with E-state index in [1.807, 2.05) is 18.5 Å². The van der Waals surface area contributed by atoms with Gasteiger partial charge in [-0.15, -0.1) is 34.2 Å². The Bertz CT molecular complexity index is 402. The molecule has 0 aliphatic carbocycles. The Morgan fingerprint density at radius 3 is 2.40 bits per heavy atom. The second-order valence-corrected chi connectivity index (χ2v) is 4.59. The normalized spacial score (nSPS) is 11.1. The van der Waals surface area contributed by atoms with Crippen LogP contribution in [0.25, 0.3) is 0 Å². The lowest BCUT2D eigenvalue weighted by Crippen LogP contribution is -2.38. The predicted molar refractivity (Wildman–Crippen MR) is 93.5 cm³/mol. The highest BCUT2D eigenvalue weighted by atomic mass is 127. The van der Waals surface area contributed by atoms with Crippen molar-refractivity contribution in [1.82, 2.24) is 25.4 Å². The number of aryl methyl sites for hydroxylation is 1. The van der Waals surface area contributed by atoms with Gasteiger partial charge in [-0.1, -0.05) is 20.3 Å². The molecule has 0 aromatic carbocycles. The second-order valence-electron chi connectivity index (χ2n) is 4.59. The molecular weight excluding hydrogens is 367 g/mol. The standard InChI is InChI=1S/C13H26N6.HI/c1-5-7-9-15-13(14-8-6-2)16-10-12-18-17-11(3)19(12)4;/h5-10H2,1-4H3,(H2,14,15,16);1H. The topological polar surface area (TPSA) is 67.1 Å². The fourth-order valence-corrected chi connectivity index (χ4v) is 1.54. The molecule has 0 saturated heterocycles. The molecule has 20 heavy (non-hydrogen) atoms. The summed E-state index contributed by atoms with van der Waals surface area (Å²) in [7, 11) is 1.96. The average Bonchev–Trinajstić information content (AvgIpc) is 2.73. The van der Waals surface area contributed by atoms with Crippen molar-refractivity contribution in [3.05, 3.63) is 11.6 Å². The lowest BCUT2D eigenvalue weighted by molar-refractivity contribution is 0.711. The zero-order chi connectivity index (χ0) is 14.1. The molecule has 0 radical (unpaired) electrons. The number of guanidine groups is 1. The Morgan fingerprint density at radius 2 is 1.85 bits per heavy atom. The molecule has 1 aromatic heterocycles. The van der Waals surface area contributed by atoms with Gasteiger partial charge in [0.2, 0.25) is 0 Å². The van der Waals surface area contributed by atoms with Gasteiger partial charge in [0.15, 0.2) is 11.8 Å². The maximum absolute atomic E-state index is 4.55. The van der Waals surface area contributed by atoms with Crippen LogP contribution >= 0.6 is 24.0 Å². The Kier molecular flexibility index (Phi) is 10.4. The van der Waals surface area contributed by atoms with Crippen LogP contribution in [-0.2, 0) is 13.6 Å². The highest BCUT2D eigenvalue weighted by Gasteiger charge is 2.04. The highest BCUT2D eigenvalue weighted by Crippen LogP contribution is 1.99. The van der Waals surface area contributed by atoms with E-state index in [1.54, 1.807) is 0 Å². The summed E-state index contributed by atoms with van der Waals surface area (Å²) in [6, 6.07) is 0. The first kappa shape index (κ1) is 19.1. The molecule has 116 valence electrons. The predicted octanol–water partition coefficient (Wildman–Crippen LogP) is 1.99. The van der Waals surface area contributed by atoms with Gasteiger partial charge in [-0.3, -0.25) is 0 Å². The van der Waals surface area contributed by atoms with Crippen molar-refractivity contribution in [2.75, 3.05) is 13.1 Å². The zero-order valence-corrected chi connectivity index (χ0v) is 15.3. The fourth-order valence-electron chi connectivity index (χ4n) is 1.54. The molecule has 1 aromatic rings. The second kappa shape index (κ2) is 10.9. The summed E-state index contributed by atoms with van der Waals surface area (Å²) in [6.45, 7) is 8.68. The van der Waals surface area contributed by atoms with E-state index in [2.05, 4.69) is 39.7 Å². The number of aliphatic imine (C=N–C) groups is 1. The van der Waals surface area contributed by atoms with Gasteiger partial charge in [0, 0.05) is 20.1 Å². The SMILES string of the molecule is CCCCNC(=NCc1nnc(C)n1C)NCCC.I. The van der Waals surface area contributed by atoms with Gasteiger partial charge in [-0.2, -0.15) is 0 Å². The molecule has 0 aliphatic rings. The van der Waals surface area contributed by atoms with Crippen molar-refractivity contribution in [2.45, 2.75) is 46.6 Å². The summed E-state index contributed by atoms with van der Waals surface area (Å²) in [5.41, 5.74) is 0. The maximum atomic E-state index is 4.55. The van der Waals surface area contributed by atoms with Gasteiger partial charge in [-0.05, 0) is 19.8 Å². The third-order valence-electron chi connectivity index (χ3n) is 2.93. The van der Waals surface area contributed by atoms with E-state index in [0.29, 0.717) is 6.54 Å². The van der Waals surface area contributed by atoms with E-state index < -0.39 is 0 Å². The van der Waals surface area contributed by atoms with E-state index in [0.717, 1.165) is 43.5 Å². The Labute approximate surface area is 138 Å². The van der Waals surface area contributed by atoms with Crippen molar-refractivity contribution in [1.29, 1.82) is 0 Å². The first-order chi connectivity index (χ1) is 9.19. The average molecular weight is 394 g/mol. The molecule has 1 heterocycles. The van der Waals surface area contributed by atoms with Crippen LogP contribution in [0.1, 0.15) is 44.8 Å². The van der Waals surface area contributed by atoms with Crippen molar-refractivity contribution in [2.24, 2.45) is 12.0 Å². The van der Waals surface area contributed by atoms with Crippen LogP contribution in [0, 0.1) is 6.92 Å². The molecule has 0 spiro atoms. The number of halogens is 1. The van der Waals surface area contributed by atoms with Crippen LogP contribution in [-0.4, -0.2) is 33.8 Å². The summed E-state index contributed by atoms with van der Waals surface area (Å²) in [4.78, 5) is 4.55. The van der Waals surface area contributed by atoms with Crippen LogP contribution in [0.5, 0.6) is 0 Å². The Morgan fingerprint density at radius 1 is 1.15 bits per heavy atom.